The normalized spacial score (nSPS) is 14.6. The van der Waals surface area contributed by atoms with Crippen LogP contribution >= 0.6 is 12.4 Å². The highest BCUT2D eigenvalue weighted by molar-refractivity contribution is 5.97. The Balaban J connectivity index is 0.000000324. The summed E-state index contributed by atoms with van der Waals surface area (Å²) in [5, 5.41) is 6.99. The number of ether oxygens (including phenoxy) is 3. The smallest absolute Gasteiger partial charge is 0.410 e. The quantitative estimate of drug-likeness (QED) is 0.0835. The third-order valence-electron chi connectivity index (χ3n) is 8.50. The highest BCUT2D eigenvalue weighted by atomic mass is 35.5. The summed E-state index contributed by atoms with van der Waals surface area (Å²) in [6.07, 6.45) is 8.39. The van der Waals surface area contributed by atoms with E-state index in [1.54, 1.807) is 59.7 Å². The minimum absolute atomic E-state index is 0. The number of Topliss-reactive ketones (excluding diaryl/α,β-unsaturated/α-hetero) is 1. The molecule has 2 amide bonds. The Labute approximate surface area is 340 Å². The second-order valence-electron chi connectivity index (χ2n) is 15.3. The SMILES string of the molecule is CC(C)(C)OC(=O)N1CCC(c2cc(=O)[nH]c(-c3ccncc3)n2)CC1.CCOC(=O)CC(=O)C1CCN(C(=O)OC(C)(C)C)CC1.Cl.N=C(N)c1ccncc1. The van der Waals surface area contributed by atoms with Crippen LogP contribution in [0.25, 0.3) is 11.4 Å². The van der Waals surface area contributed by atoms with Crippen molar-refractivity contribution in [2.45, 2.75) is 97.7 Å². The molecular weight excluding hydrogens is 756 g/mol. The molecule has 0 aliphatic carbocycles. The lowest BCUT2D eigenvalue weighted by molar-refractivity contribution is -0.146. The monoisotopic (exact) mass is 812 g/mol. The Hall–Kier alpha value is -5.38. The number of H-pyrrole nitrogens is 1. The van der Waals surface area contributed by atoms with Gasteiger partial charge in [-0.2, -0.15) is 0 Å². The van der Waals surface area contributed by atoms with Crippen molar-refractivity contribution in [3.63, 3.8) is 0 Å². The van der Waals surface area contributed by atoms with E-state index in [0.29, 0.717) is 50.4 Å². The summed E-state index contributed by atoms with van der Waals surface area (Å²) in [6.45, 7) is 15.2. The molecule has 5 heterocycles. The van der Waals surface area contributed by atoms with E-state index in [0.717, 1.165) is 24.1 Å². The molecule has 4 N–H and O–H groups in total. The fraction of sp³-hybridized carbons (Fsp3) is 0.525. The molecule has 0 atom stereocenters. The topological polar surface area (TPSA) is 224 Å². The second-order valence-corrected chi connectivity index (χ2v) is 15.3. The molecule has 0 saturated carbocycles. The molecule has 2 saturated heterocycles. The van der Waals surface area contributed by atoms with Gasteiger partial charge in [-0.25, -0.2) is 14.6 Å². The van der Waals surface area contributed by atoms with Gasteiger partial charge in [0.15, 0.2) is 0 Å². The summed E-state index contributed by atoms with van der Waals surface area (Å²) in [5.74, 6) is 0.0286. The van der Waals surface area contributed by atoms with Crippen LogP contribution in [0.2, 0.25) is 0 Å². The van der Waals surface area contributed by atoms with Crippen molar-refractivity contribution in [1.82, 2.24) is 29.7 Å². The van der Waals surface area contributed by atoms with Crippen molar-refractivity contribution in [1.29, 1.82) is 5.41 Å². The third kappa shape index (κ3) is 17.1. The lowest BCUT2D eigenvalue weighted by atomic mass is 9.91. The molecular formula is C40H57ClN8O8. The number of halogens is 1. The van der Waals surface area contributed by atoms with Gasteiger partial charge in [0.1, 0.15) is 35.1 Å². The first kappa shape index (κ1) is 47.8. The van der Waals surface area contributed by atoms with Crippen molar-refractivity contribution >= 4 is 42.2 Å². The number of carbonyl (C=O) groups excluding carboxylic acids is 4. The number of aromatic nitrogens is 4. The number of hydrogen-bond donors (Lipinski definition) is 3. The molecule has 0 radical (unpaired) electrons. The van der Waals surface area contributed by atoms with Gasteiger partial charge in [0.25, 0.3) is 5.56 Å². The number of likely N-dealkylation sites (tertiary alicyclic amines) is 2. The fourth-order valence-corrected chi connectivity index (χ4v) is 5.76. The van der Waals surface area contributed by atoms with Crippen molar-refractivity contribution in [3.8, 4) is 11.4 Å². The van der Waals surface area contributed by atoms with Crippen LogP contribution in [0.5, 0.6) is 0 Å². The lowest BCUT2D eigenvalue weighted by Gasteiger charge is -2.33. The molecule has 0 unspecified atom stereocenters. The molecule has 5 rings (SSSR count). The highest BCUT2D eigenvalue weighted by Gasteiger charge is 2.31. The molecule has 17 heteroatoms. The summed E-state index contributed by atoms with van der Waals surface area (Å²) in [4.78, 5) is 77.9. The van der Waals surface area contributed by atoms with Crippen LogP contribution in [-0.4, -0.2) is 103 Å². The van der Waals surface area contributed by atoms with Crippen LogP contribution in [0.1, 0.15) is 97.7 Å². The number of nitrogens with one attached hydrogen (secondary N) is 2. The van der Waals surface area contributed by atoms with E-state index in [4.69, 9.17) is 25.4 Å². The van der Waals surface area contributed by atoms with E-state index in [9.17, 15) is 24.0 Å². The summed E-state index contributed by atoms with van der Waals surface area (Å²) >= 11 is 0. The van der Waals surface area contributed by atoms with Crippen LogP contribution in [0.3, 0.4) is 0 Å². The molecule has 0 spiro atoms. The predicted octanol–water partition coefficient (Wildman–Crippen LogP) is 5.89. The van der Waals surface area contributed by atoms with Gasteiger partial charge < -0.3 is 34.7 Å². The molecule has 2 fully saturated rings. The van der Waals surface area contributed by atoms with Gasteiger partial charge in [-0.3, -0.25) is 29.8 Å². The average molecular weight is 813 g/mol. The minimum Gasteiger partial charge on any atom is -0.466 e. The van der Waals surface area contributed by atoms with Crippen molar-refractivity contribution in [2.24, 2.45) is 11.7 Å². The molecule has 57 heavy (non-hydrogen) atoms. The Morgan fingerprint density at radius 1 is 0.825 bits per heavy atom. The number of esters is 1. The molecule has 312 valence electrons. The Morgan fingerprint density at radius 3 is 1.74 bits per heavy atom. The van der Waals surface area contributed by atoms with Gasteiger partial charge >= 0.3 is 18.2 Å². The van der Waals surface area contributed by atoms with Crippen LogP contribution in [0, 0.1) is 11.3 Å². The Bertz CT molecular complexity index is 1810. The maximum atomic E-state index is 12.2. The average Bonchev–Trinajstić information content (AvgIpc) is 3.14. The van der Waals surface area contributed by atoms with E-state index in [2.05, 4.69) is 19.9 Å². The number of piperidine rings is 2. The first-order valence-electron chi connectivity index (χ1n) is 18.8. The van der Waals surface area contributed by atoms with Crippen LogP contribution in [0.15, 0.2) is 59.9 Å². The maximum Gasteiger partial charge on any atom is 0.410 e. The minimum atomic E-state index is -0.520. The number of ketones is 1. The number of nitrogens with zero attached hydrogens (tertiary/aromatic N) is 5. The summed E-state index contributed by atoms with van der Waals surface area (Å²) < 4.78 is 15.5. The number of hydrogen-bond acceptors (Lipinski definition) is 12. The van der Waals surface area contributed by atoms with E-state index < -0.39 is 17.2 Å². The van der Waals surface area contributed by atoms with Gasteiger partial charge in [0.2, 0.25) is 0 Å². The molecule has 0 aromatic carbocycles. The number of rotatable bonds is 7. The third-order valence-corrected chi connectivity index (χ3v) is 8.50. The Kier molecular flexibility index (Phi) is 18.8. The fourth-order valence-electron chi connectivity index (χ4n) is 5.76. The number of amidine groups is 1. The van der Waals surface area contributed by atoms with Crippen molar-refractivity contribution in [3.05, 3.63) is 76.7 Å². The maximum absolute atomic E-state index is 12.2. The van der Waals surface area contributed by atoms with E-state index in [-0.39, 0.29) is 66.6 Å². The largest absolute Gasteiger partial charge is 0.466 e. The molecule has 3 aromatic rings. The molecule has 2 aliphatic heterocycles. The summed E-state index contributed by atoms with van der Waals surface area (Å²) in [7, 11) is 0. The Morgan fingerprint density at radius 2 is 1.30 bits per heavy atom. The van der Waals surface area contributed by atoms with Crippen LogP contribution in [0.4, 0.5) is 9.59 Å². The first-order chi connectivity index (χ1) is 26.3. The van der Waals surface area contributed by atoms with Gasteiger partial charge in [-0.1, -0.05) is 0 Å². The number of nitrogens with two attached hydrogens (primary N) is 1. The van der Waals surface area contributed by atoms with Crippen molar-refractivity contribution in [2.75, 3.05) is 32.8 Å². The van der Waals surface area contributed by atoms with Gasteiger partial charge in [0, 0.05) is 80.0 Å². The zero-order chi connectivity index (χ0) is 41.5. The van der Waals surface area contributed by atoms with Crippen LogP contribution < -0.4 is 11.3 Å². The zero-order valence-corrected chi connectivity index (χ0v) is 34.7. The van der Waals surface area contributed by atoms with Gasteiger partial charge in [-0.05, 0) is 98.4 Å². The van der Waals surface area contributed by atoms with Crippen molar-refractivity contribution < 1.29 is 33.4 Å². The number of nitrogen functional groups attached to an aromatic ring is 1. The number of pyridine rings is 2. The molecule has 16 nitrogen and oxygen atoms in total. The highest BCUT2D eigenvalue weighted by Crippen LogP contribution is 2.28. The van der Waals surface area contributed by atoms with E-state index in [1.165, 1.54) is 0 Å². The van der Waals surface area contributed by atoms with E-state index >= 15 is 0 Å². The van der Waals surface area contributed by atoms with Crippen LogP contribution in [-0.2, 0) is 23.8 Å². The summed E-state index contributed by atoms with van der Waals surface area (Å²) in [6, 6.07) is 8.57. The molecule has 0 bridgehead atoms. The van der Waals surface area contributed by atoms with Gasteiger partial charge in [-0.15, -0.1) is 12.4 Å². The number of amides is 2. The predicted molar refractivity (Wildman–Crippen MR) is 217 cm³/mol. The standard InChI is InChI=1S/C19H24N4O3.C15H25NO5.C6H7N3.ClH/c1-19(2,3)26-18(25)23-10-6-13(7-11-23)15-12-16(24)22-17(21-15)14-4-8-20-9-5-14;1-5-20-13(18)10-12(17)11-6-8-16(9-7-11)14(19)21-15(2,3)4;7-6(8)5-1-3-9-4-2-5;/h4-5,8-9,12-13H,6-7,10-11H2,1-3H3,(H,21,22,24);11H,5-10H2,1-4H3;1-4H,(H3,7,8);1H. The second kappa shape index (κ2) is 22.4. The summed E-state index contributed by atoms with van der Waals surface area (Å²) in [5.41, 5.74) is 6.29. The van der Waals surface area contributed by atoms with Gasteiger partial charge in [0.05, 0.1) is 12.3 Å². The number of carbonyl (C=O) groups is 4. The first-order valence-corrected chi connectivity index (χ1v) is 18.8. The molecule has 3 aromatic heterocycles. The zero-order valence-electron chi connectivity index (χ0n) is 33.9. The number of aromatic amines is 1. The molecule has 2 aliphatic rings. The van der Waals surface area contributed by atoms with E-state index in [1.807, 2.05) is 53.7 Å². The lowest BCUT2D eigenvalue weighted by Crippen LogP contribution is -2.43.